The third-order valence-corrected chi connectivity index (χ3v) is 8.58. The normalized spacial score (nSPS) is 11.8. The first-order valence-electron chi connectivity index (χ1n) is 14.4. The van der Waals surface area contributed by atoms with Gasteiger partial charge >= 0.3 is 0 Å². The molecule has 42 heavy (non-hydrogen) atoms. The number of nitrogens with zero attached hydrogens (tertiary/aromatic N) is 1. The summed E-state index contributed by atoms with van der Waals surface area (Å²) in [7, 11) is 0. The van der Waals surface area contributed by atoms with Gasteiger partial charge in [-0.05, 0) is 81.6 Å². The fourth-order valence-electron chi connectivity index (χ4n) is 6.60. The van der Waals surface area contributed by atoms with Gasteiger partial charge in [0.25, 0.3) is 0 Å². The molecule has 0 aliphatic carbocycles. The van der Waals surface area contributed by atoms with Gasteiger partial charge in [-0.25, -0.2) is 0 Å². The quantitative estimate of drug-likeness (QED) is 0.220. The Hall–Kier alpha value is -5.60. The van der Waals surface area contributed by atoms with Crippen molar-refractivity contribution in [1.82, 2.24) is 4.57 Å². The van der Waals surface area contributed by atoms with E-state index in [0.717, 1.165) is 22.2 Å². The average molecular weight is 536 g/mol. The molecule has 2 nitrogen and oxygen atoms in total. The first kappa shape index (κ1) is 23.1. The number of benzene rings is 7. The van der Waals surface area contributed by atoms with Crippen molar-refractivity contribution < 1.29 is 4.42 Å². The molecule has 0 aliphatic heterocycles. The minimum atomic E-state index is 0.906. The highest BCUT2D eigenvalue weighted by molar-refractivity contribution is 6.19. The summed E-state index contributed by atoms with van der Waals surface area (Å²) in [5.41, 5.74) is 10.2. The van der Waals surface area contributed by atoms with Gasteiger partial charge < -0.3 is 8.98 Å². The van der Waals surface area contributed by atoms with Gasteiger partial charge in [0.2, 0.25) is 0 Å². The predicted molar refractivity (Wildman–Crippen MR) is 176 cm³/mol. The second-order valence-electron chi connectivity index (χ2n) is 11.0. The van der Waals surface area contributed by atoms with Crippen molar-refractivity contribution in [2.75, 3.05) is 0 Å². The van der Waals surface area contributed by atoms with Crippen molar-refractivity contribution >= 4 is 54.5 Å². The Morgan fingerprint density at radius 3 is 1.64 bits per heavy atom. The van der Waals surface area contributed by atoms with E-state index >= 15 is 0 Å². The summed E-state index contributed by atoms with van der Waals surface area (Å²) in [6.07, 6.45) is 0. The number of hydrogen-bond donors (Lipinski definition) is 0. The van der Waals surface area contributed by atoms with Crippen LogP contribution in [0.4, 0.5) is 0 Å². The number of furan rings is 1. The van der Waals surface area contributed by atoms with Crippen LogP contribution in [0.3, 0.4) is 0 Å². The fourth-order valence-corrected chi connectivity index (χ4v) is 6.60. The maximum Gasteiger partial charge on any atom is 0.136 e. The maximum absolute atomic E-state index is 6.33. The molecule has 2 heterocycles. The molecule has 0 fully saturated rings. The lowest BCUT2D eigenvalue weighted by Gasteiger charge is -2.09. The fraction of sp³-hybridized carbons (Fsp3) is 0. The molecule has 0 unspecified atom stereocenters. The largest absolute Gasteiger partial charge is 0.456 e. The zero-order chi connectivity index (χ0) is 27.6. The molecule has 0 aliphatic rings. The molecule has 0 bridgehead atoms. The van der Waals surface area contributed by atoms with Gasteiger partial charge in [0.1, 0.15) is 11.2 Å². The van der Waals surface area contributed by atoms with E-state index in [9.17, 15) is 0 Å². The molecule has 0 saturated carbocycles. The van der Waals surface area contributed by atoms with Gasteiger partial charge in [0, 0.05) is 27.2 Å². The lowest BCUT2D eigenvalue weighted by molar-refractivity contribution is 0.669. The van der Waals surface area contributed by atoms with Crippen molar-refractivity contribution in [3.8, 4) is 27.9 Å². The summed E-state index contributed by atoms with van der Waals surface area (Å²) in [4.78, 5) is 0. The molecule has 0 saturated heterocycles. The van der Waals surface area contributed by atoms with E-state index < -0.39 is 0 Å². The van der Waals surface area contributed by atoms with E-state index in [1.165, 1.54) is 60.2 Å². The lowest BCUT2D eigenvalue weighted by atomic mass is 10.0. The van der Waals surface area contributed by atoms with E-state index in [4.69, 9.17) is 4.42 Å². The van der Waals surface area contributed by atoms with Crippen LogP contribution in [0, 0.1) is 0 Å². The van der Waals surface area contributed by atoms with Gasteiger partial charge in [-0.15, -0.1) is 0 Å². The van der Waals surface area contributed by atoms with Crippen LogP contribution in [0.15, 0.2) is 156 Å². The Morgan fingerprint density at radius 1 is 0.381 bits per heavy atom. The number of aromatic nitrogens is 1. The molecule has 0 amide bonds. The molecule has 196 valence electrons. The third-order valence-electron chi connectivity index (χ3n) is 8.58. The van der Waals surface area contributed by atoms with Crippen LogP contribution in [0.1, 0.15) is 0 Å². The topological polar surface area (TPSA) is 18.1 Å². The van der Waals surface area contributed by atoms with E-state index in [1.54, 1.807) is 0 Å². The molecule has 2 aromatic heterocycles. The predicted octanol–water partition coefficient (Wildman–Crippen LogP) is 11.2. The standard InChI is InChI=1S/C40H25NO/c1-3-9-26(10-4-1)29-15-19-36-33(23-29)34-24-30(27-11-5-2-6-12-27)16-20-37(34)41(36)31-18-22-38-35(25-31)40-32-14-8-7-13-28(32)17-21-39(40)42-38/h1-25H. The van der Waals surface area contributed by atoms with Crippen molar-refractivity contribution in [2.24, 2.45) is 0 Å². The second-order valence-corrected chi connectivity index (χ2v) is 11.0. The summed E-state index contributed by atoms with van der Waals surface area (Å²) in [5.74, 6) is 0. The van der Waals surface area contributed by atoms with Crippen LogP contribution >= 0.6 is 0 Å². The molecule has 0 N–H and O–H groups in total. The zero-order valence-corrected chi connectivity index (χ0v) is 22.8. The highest BCUT2D eigenvalue weighted by atomic mass is 16.3. The van der Waals surface area contributed by atoms with Crippen LogP contribution in [-0.4, -0.2) is 4.57 Å². The van der Waals surface area contributed by atoms with Crippen LogP contribution in [0.2, 0.25) is 0 Å². The molecule has 2 heteroatoms. The Bertz CT molecular complexity index is 2350. The van der Waals surface area contributed by atoms with Crippen LogP contribution in [0.5, 0.6) is 0 Å². The minimum Gasteiger partial charge on any atom is -0.456 e. The average Bonchev–Trinajstić information content (AvgIpc) is 3.60. The minimum absolute atomic E-state index is 0.906. The molecule has 9 rings (SSSR count). The van der Waals surface area contributed by atoms with Gasteiger partial charge in [0.15, 0.2) is 0 Å². The first-order chi connectivity index (χ1) is 20.8. The molecule has 7 aromatic carbocycles. The van der Waals surface area contributed by atoms with Crippen LogP contribution < -0.4 is 0 Å². The van der Waals surface area contributed by atoms with Crippen molar-refractivity contribution in [3.63, 3.8) is 0 Å². The Kier molecular flexibility index (Phi) is 4.93. The molecular formula is C40H25NO. The van der Waals surface area contributed by atoms with Crippen molar-refractivity contribution in [1.29, 1.82) is 0 Å². The molecule has 0 radical (unpaired) electrons. The van der Waals surface area contributed by atoms with Gasteiger partial charge in [-0.2, -0.15) is 0 Å². The number of rotatable bonds is 3. The first-order valence-corrected chi connectivity index (χ1v) is 14.4. The highest BCUT2D eigenvalue weighted by Crippen LogP contribution is 2.40. The second kappa shape index (κ2) is 8.95. The smallest absolute Gasteiger partial charge is 0.136 e. The highest BCUT2D eigenvalue weighted by Gasteiger charge is 2.17. The Labute approximate surface area is 242 Å². The SMILES string of the molecule is c1ccc(-c2ccc3c(c2)c2cc(-c4ccccc4)ccc2n3-c2ccc3oc4ccc5ccccc5c4c3c2)cc1. The Morgan fingerprint density at radius 2 is 0.976 bits per heavy atom. The van der Waals surface area contributed by atoms with Crippen LogP contribution in [0.25, 0.3) is 82.5 Å². The monoisotopic (exact) mass is 535 g/mol. The van der Waals surface area contributed by atoms with Gasteiger partial charge in [-0.3, -0.25) is 0 Å². The van der Waals surface area contributed by atoms with Crippen molar-refractivity contribution in [2.45, 2.75) is 0 Å². The van der Waals surface area contributed by atoms with E-state index in [0.29, 0.717) is 0 Å². The summed E-state index contributed by atoms with van der Waals surface area (Å²) in [6, 6.07) is 54.3. The third kappa shape index (κ3) is 3.45. The summed E-state index contributed by atoms with van der Waals surface area (Å²) >= 11 is 0. The lowest BCUT2D eigenvalue weighted by Crippen LogP contribution is -1.93. The van der Waals surface area contributed by atoms with Crippen LogP contribution in [-0.2, 0) is 0 Å². The zero-order valence-electron chi connectivity index (χ0n) is 22.8. The molecule has 9 aromatic rings. The summed E-state index contributed by atoms with van der Waals surface area (Å²) in [5, 5.41) is 7.22. The maximum atomic E-state index is 6.33. The van der Waals surface area contributed by atoms with E-state index in [-0.39, 0.29) is 0 Å². The molecule has 0 atom stereocenters. The summed E-state index contributed by atoms with van der Waals surface area (Å²) < 4.78 is 8.73. The van der Waals surface area contributed by atoms with Gasteiger partial charge in [-0.1, -0.05) is 103 Å². The summed E-state index contributed by atoms with van der Waals surface area (Å²) in [6.45, 7) is 0. The molecular weight excluding hydrogens is 510 g/mol. The molecule has 0 spiro atoms. The van der Waals surface area contributed by atoms with Crippen molar-refractivity contribution in [3.05, 3.63) is 152 Å². The van der Waals surface area contributed by atoms with Gasteiger partial charge in [0.05, 0.1) is 11.0 Å². The van der Waals surface area contributed by atoms with E-state index in [2.05, 4.69) is 156 Å². The number of hydrogen-bond acceptors (Lipinski definition) is 1. The Balaban J connectivity index is 1.35. The number of fused-ring (bicyclic) bond motifs is 8. The van der Waals surface area contributed by atoms with E-state index in [1.807, 2.05) is 0 Å².